The first-order valence-corrected chi connectivity index (χ1v) is 6.51. The van der Waals surface area contributed by atoms with Crippen molar-refractivity contribution in [1.82, 2.24) is 16.0 Å². The summed E-state index contributed by atoms with van der Waals surface area (Å²) in [5, 5.41) is 15.4. The molecule has 0 bridgehead atoms. The Bertz CT molecular complexity index is 507. The van der Waals surface area contributed by atoms with Gasteiger partial charge in [0.05, 0.1) is 6.54 Å². The van der Waals surface area contributed by atoms with Crippen molar-refractivity contribution in [2.75, 3.05) is 13.1 Å². The molecule has 3 amide bonds. The van der Waals surface area contributed by atoms with Gasteiger partial charge in [-0.3, -0.25) is 9.59 Å². The quantitative estimate of drug-likeness (QED) is 0.601. The van der Waals surface area contributed by atoms with Gasteiger partial charge in [0, 0.05) is 11.0 Å². The highest BCUT2D eigenvalue weighted by Crippen LogP contribution is 2.11. The molecule has 0 saturated heterocycles. The minimum atomic E-state index is -1.14. The monoisotopic (exact) mass is 343 g/mol. The van der Waals surface area contributed by atoms with Gasteiger partial charge in [0.15, 0.2) is 0 Å². The summed E-state index contributed by atoms with van der Waals surface area (Å²) in [6, 6.07) is 6.93. The highest BCUT2D eigenvalue weighted by Gasteiger charge is 2.06. The van der Waals surface area contributed by atoms with E-state index in [1.807, 2.05) is 24.3 Å². The van der Waals surface area contributed by atoms with Gasteiger partial charge in [0.2, 0.25) is 5.91 Å². The van der Waals surface area contributed by atoms with E-state index in [1.54, 1.807) is 0 Å². The van der Waals surface area contributed by atoms with Crippen LogP contribution in [-0.2, 0) is 16.1 Å². The lowest BCUT2D eigenvalue weighted by molar-refractivity contribution is -0.137. The predicted octanol–water partition coefficient (Wildman–Crippen LogP) is 0.449. The third kappa shape index (κ3) is 6.74. The molecule has 1 aromatic carbocycles. The Kier molecular flexibility index (Phi) is 6.51. The minimum Gasteiger partial charge on any atom is -0.480 e. The van der Waals surface area contributed by atoms with Crippen molar-refractivity contribution in [1.29, 1.82) is 0 Å². The van der Waals surface area contributed by atoms with Crippen LogP contribution in [0.15, 0.2) is 28.7 Å². The Balaban J connectivity index is 2.23. The van der Waals surface area contributed by atoms with E-state index in [4.69, 9.17) is 5.11 Å². The lowest BCUT2D eigenvalue weighted by atomic mass is 10.2. The van der Waals surface area contributed by atoms with Crippen LogP contribution in [0.5, 0.6) is 0 Å². The number of carbonyl (C=O) groups is 3. The molecular formula is C12H14BrN3O4. The molecule has 1 aromatic rings. The molecule has 7 nitrogen and oxygen atoms in total. The van der Waals surface area contributed by atoms with Crippen LogP contribution in [-0.4, -0.2) is 36.1 Å². The summed E-state index contributed by atoms with van der Waals surface area (Å²) < 4.78 is 0.908. The minimum absolute atomic E-state index is 0.280. The van der Waals surface area contributed by atoms with Gasteiger partial charge in [-0.2, -0.15) is 0 Å². The predicted molar refractivity (Wildman–Crippen MR) is 75.0 cm³/mol. The molecule has 20 heavy (non-hydrogen) atoms. The summed E-state index contributed by atoms with van der Waals surface area (Å²) in [6.07, 6.45) is 0. The molecular weight excluding hydrogens is 330 g/mol. The van der Waals surface area contributed by atoms with Crippen LogP contribution in [0.2, 0.25) is 0 Å². The largest absolute Gasteiger partial charge is 0.480 e. The van der Waals surface area contributed by atoms with Crippen molar-refractivity contribution in [3.05, 3.63) is 34.3 Å². The Hall–Kier alpha value is -2.09. The van der Waals surface area contributed by atoms with Gasteiger partial charge in [0.25, 0.3) is 0 Å². The first-order valence-electron chi connectivity index (χ1n) is 5.72. The number of nitrogens with one attached hydrogen (secondary N) is 3. The van der Waals surface area contributed by atoms with Crippen molar-refractivity contribution in [2.45, 2.75) is 6.54 Å². The molecule has 8 heteroatoms. The Morgan fingerprint density at radius 1 is 1.10 bits per heavy atom. The second-order valence-electron chi connectivity index (χ2n) is 3.84. The number of carboxylic acid groups (broad SMARTS) is 1. The fraction of sp³-hybridized carbons (Fsp3) is 0.250. The normalized spacial score (nSPS) is 9.65. The first kappa shape index (κ1) is 16.0. The van der Waals surface area contributed by atoms with E-state index >= 15 is 0 Å². The lowest BCUT2D eigenvalue weighted by Gasteiger charge is -2.08. The fourth-order valence-electron chi connectivity index (χ4n) is 1.29. The second kappa shape index (κ2) is 8.16. The van der Waals surface area contributed by atoms with Gasteiger partial charge in [-0.25, -0.2) is 4.79 Å². The fourth-order valence-corrected chi connectivity index (χ4v) is 1.74. The third-order valence-corrected chi connectivity index (χ3v) is 2.68. The zero-order chi connectivity index (χ0) is 15.0. The van der Waals surface area contributed by atoms with Crippen molar-refractivity contribution < 1.29 is 19.5 Å². The third-order valence-electron chi connectivity index (χ3n) is 2.19. The van der Waals surface area contributed by atoms with Crippen LogP contribution < -0.4 is 16.0 Å². The average molecular weight is 344 g/mol. The van der Waals surface area contributed by atoms with E-state index in [1.165, 1.54) is 0 Å². The summed E-state index contributed by atoms with van der Waals surface area (Å²) in [4.78, 5) is 32.8. The molecule has 108 valence electrons. The number of aliphatic carboxylic acids is 1. The van der Waals surface area contributed by atoms with E-state index in [2.05, 4.69) is 31.9 Å². The second-order valence-corrected chi connectivity index (χ2v) is 4.75. The Labute approximate surface area is 123 Å². The maximum Gasteiger partial charge on any atom is 0.322 e. The van der Waals surface area contributed by atoms with Crippen molar-refractivity contribution in [3.8, 4) is 0 Å². The molecule has 0 aliphatic rings. The van der Waals surface area contributed by atoms with Crippen LogP contribution in [0.25, 0.3) is 0 Å². The van der Waals surface area contributed by atoms with Gasteiger partial charge in [-0.1, -0.05) is 28.1 Å². The van der Waals surface area contributed by atoms with E-state index in [0.29, 0.717) is 6.54 Å². The van der Waals surface area contributed by atoms with Gasteiger partial charge < -0.3 is 21.1 Å². The van der Waals surface area contributed by atoms with Crippen molar-refractivity contribution in [2.24, 2.45) is 0 Å². The number of hydrogen-bond acceptors (Lipinski definition) is 3. The maximum atomic E-state index is 11.4. The zero-order valence-electron chi connectivity index (χ0n) is 10.5. The van der Waals surface area contributed by atoms with Gasteiger partial charge in [-0.05, 0) is 17.7 Å². The SMILES string of the molecule is O=C(O)CNC(=O)CNC(=O)NCc1cccc(Br)c1. The summed E-state index contributed by atoms with van der Waals surface area (Å²) in [5.41, 5.74) is 0.907. The summed E-state index contributed by atoms with van der Waals surface area (Å²) in [5.74, 6) is -1.71. The molecule has 4 N–H and O–H groups in total. The first-order chi connectivity index (χ1) is 9.47. The van der Waals surface area contributed by atoms with Crippen molar-refractivity contribution >= 4 is 33.8 Å². The molecule has 0 aromatic heterocycles. The van der Waals surface area contributed by atoms with E-state index < -0.39 is 24.5 Å². The van der Waals surface area contributed by atoms with Crippen LogP contribution in [0, 0.1) is 0 Å². The topological polar surface area (TPSA) is 108 Å². The molecule has 0 radical (unpaired) electrons. The molecule has 0 aliphatic heterocycles. The number of urea groups is 1. The molecule has 0 unspecified atom stereocenters. The van der Waals surface area contributed by atoms with E-state index in [0.717, 1.165) is 10.0 Å². The maximum absolute atomic E-state index is 11.4. The molecule has 0 saturated carbocycles. The number of amides is 3. The van der Waals surface area contributed by atoms with Crippen molar-refractivity contribution in [3.63, 3.8) is 0 Å². The highest BCUT2D eigenvalue weighted by atomic mass is 79.9. The Morgan fingerprint density at radius 2 is 1.85 bits per heavy atom. The standard InChI is InChI=1S/C12H14BrN3O4/c13-9-3-1-2-8(4-9)5-15-12(20)16-6-10(17)14-7-11(18)19/h1-4H,5-7H2,(H,14,17)(H,18,19)(H2,15,16,20). The summed E-state index contributed by atoms with van der Waals surface area (Å²) in [7, 11) is 0. The number of hydrogen-bond donors (Lipinski definition) is 4. The molecule has 0 heterocycles. The van der Waals surface area contributed by atoms with Gasteiger partial charge >= 0.3 is 12.0 Å². The molecule has 0 spiro atoms. The van der Waals surface area contributed by atoms with E-state index in [9.17, 15) is 14.4 Å². The highest BCUT2D eigenvalue weighted by molar-refractivity contribution is 9.10. The van der Waals surface area contributed by atoms with Gasteiger partial charge in [-0.15, -0.1) is 0 Å². The Morgan fingerprint density at radius 3 is 2.50 bits per heavy atom. The smallest absolute Gasteiger partial charge is 0.322 e. The van der Waals surface area contributed by atoms with Crippen LogP contribution >= 0.6 is 15.9 Å². The number of benzene rings is 1. The summed E-state index contributed by atoms with van der Waals surface area (Å²) in [6.45, 7) is -0.431. The molecule has 0 fully saturated rings. The summed E-state index contributed by atoms with van der Waals surface area (Å²) >= 11 is 3.32. The van der Waals surface area contributed by atoms with E-state index in [-0.39, 0.29) is 6.54 Å². The number of carbonyl (C=O) groups excluding carboxylic acids is 2. The van der Waals surface area contributed by atoms with Gasteiger partial charge in [0.1, 0.15) is 6.54 Å². The number of rotatable bonds is 6. The number of carboxylic acids is 1. The molecule has 1 rings (SSSR count). The number of halogens is 1. The zero-order valence-corrected chi connectivity index (χ0v) is 12.1. The molecule has 0 atom stereocenters. The van der Waals surface area contributed by atoms with Crippen LogP contribution in [0.4, 0.5) is 4.79 Å². The lowest BCUT2D eigenvalue weighted by Crippen LogP contribution is -2.42. The van der Waals surface area contributed by atoms with Crippen LogP contribution in [0.1, 0.15) is 5.56 Å². The van der Waals surface area contributed by atoms with Crippen LogP contribution in [0.3, 0.4) is 0 Å². The molecule has 0 aliphatic carbocycles. The average Bonchev–Trinajstić information content (AvgIpc) is 2.40.